The van der Waals surface area contributed by atoms with E-state index in [0.717, 1.165) is 21.8 Å². The molecule has 0 amide bonds. The number of aryl methyl sites for hydroxylation is 3. The molecule has 1 atom stereocenters. The van der Waals surface area contributed by atoms with Gasteiger partial charge >= 0.3 is 0 Å². The molecule has 0 saturated heterocycles. The van der Waals surface area contributed by atoms with Crippen molar-refractivity contribution in [2.45, 2.75) is 33.3 Å². The minimum absolute atomic E-state index is 0.462. The van der Waals surface area contributed by atoms with Gasteiger partial charge < -0.3 is 5.11 Å². The maximum absolute atomic E-state index is 10.3. The zero-order chi connectivity index (χ0) is 12.4. The lowest BCUT2D eigenvalue weighted by Crippen LogP contribution is -2.04. The van der Waals surface area contributed by atoms with Crippen molar-refractivity contribution < 1.29 is 5.11 Å². The van der Waals surface area contributed by atoms with Crippen LogP contribution in [0.2, 0.25) is 0 Å². The molecule has 2 aromatic rings. The van der Waals surface area contributed by atoms with Crippen LogP contribution in [0.4, 0.5) is 0 Å². The van der Waals surface area contributed by atoms with E-state index in [4.69, 9.17) is 0 Å². The second-order valence-corrected chi connectivity index (χ2v) is 5.50. The number of rotatable bonds is 3. The van der Waals surface area contributed by atoms with Gasteiger partial charge in [-0.15, -0.1) is 11.3 Å². The molecule has 2 rings (SSSR count). The highest BCUT2D eigenvalue weighted by Gasteiger charge is 2.13. The van der Waals surface area contributed by atoms with Crippen molar-refractivity contribution in [2.75, 3.05) is 0 Å². The van der Waals surface area contributed by atoms with E-state index in [9.17, 15) is 5.11 Å². The highest BCUT2D eigenvalue weighted by Crippen LogP contribution is 2.23. The first-order valence-electron chi connectivity index (χ1n) is 5.72. The van der Waals surface area contributed by atoms with Gasteiger partial charge in [-0.3, -0.25) is 0 Å². The molecule has 1 unspecified atom stereocenters. The van der Waals surface area contributed by atoms with E-state index in [-0.39, 0.29) is 0 Å². The second kappa shape index (κ2) is 4.98. The molecule has 0 radical (unpaired) electrons. The second-order valence-electron chi connectivity index (χ2n) is 4.44. The maximum Gasteiger partial charge on any atom is 0.0897 e. The Kier molecular flexibility index (Phi) is 3.60. The predicted molar refractivity (Wildman–Crippen MR) is 71.4 cm³/mol. The van der Waals surface area contributed by atoms with Crippen molar-refractivity contribution in [3.05, 3.63) is 51.0 Å². The van der Waals surface area contributed by atoms with E-state index in [2.05, 4.69) is 23.2 Å². The molecule has 0 aliphatic carbocycles. The molecule has 2 nitrogen and oxygen atoms in total. The lowest BCUT2D eigenvalue weighted by atomic mass is 9.98. The molecule has 0 aliphatic heterocycles. The molecule has 1 heterocycles. The van der Waals surface area contributed by atoms with Crippen molar-refractivity contribution in [3.63, 3.8) is 0 Å². The van der Waals surface area contributed by atoms with Gasteiger partial charge in [0.25, 0.3) is 0 Å². The first-order valence-corrected chi connectivity index (χ1v) is 6.60. The smallest absolute Gasteiger partial charge is 0.0897 e. The van der Waals surface area contributed by atoms with Crippen LogP contribution in [0.15, 0.2) is 23.6 Å². The molecule has 0 saturated carbocycles. The van der Waals surface area contributed by atoms with E-state index in [1.807, 2.05) is 26.2 Å². The minimum atomic E-state index is -0.462. The summed E-state index contributed by atoms with van der Waals surface area (Å²) in [4.78, 5) is 4.39. The molecule has 0 bridgehead atoms. The van der Waals surface area contributed by atoms with Gasteiger partial charge in [-0.1, -0.05) is 23.8 Å². The van der Waals surface area contributed by atoms with Crippen LogP contribution in [0.25, 0.3) is 0 Å². The standard InChI is InChI=1S/C14H17NOS/c1-9-4-5-10(2)13(6-9)14(16)7-12-8-17-11(3)15-12/h4-6,8,14,16H,7H2,1-3H3. The first kappa shape index (κ1) is 12.3. The van der Waals surface area contributed by atoms with E-state index in [0.29, 0.717) is 6.42 Å². The molecule has 1 aromatic heterocycles. The number of thiazole rings is 1. The summed E-state index contributed by atoms with van der Waals surface area (Å²) in [5, 5.41) is 13.3. The summed E-state index contributed by atoms with van der Waals surface area (Å²) in [6.45, 7) is 6.06. The summed E-state index contributed by atoms with van der Waals surface area (Å²) >= 11 is 1.63. The van der Waals surface area contributed by atoms with Crippen LogP contribution < -0.4 is 0 Å². The fraction of sp³-hybridized carbons (Fsp3) is 0.357. The first-order chi connectivity index (χ1) is 8.06. The monoisotopic (exact) mass is 247 g/mol. The highest BCUT2D eigenvalue weighted by molar-refractivity contribution is 7.09. The Hall–Kier alpha value is -1.19. The van der Waals surface area contributed by atoms with Crippen molar-refractivity contribution >= 4 is 11.3 Å². The van der Waals surface area contributed by atoms with Gasteiger partial charge in [-0.25, -0.2) is 4.98 Å². The third-order valence-corrected chi connectivity index (χ3v) is 3.69. The van der Waals surface area contributed by atoms with Gasteiger partial charge in [0.05, 0.1) is 16.8 Å². The SMILES string of the molecule is Cc1ccc(C)c(C(O)Cc2csc(C)n2)c1. The van der Waals surface area contributed by atoms with E-state index in [1.165, 1.54) is 5.56 Å². The van der Waals surface area contributed by atoms with Gasteiger partial charge in [-0.05, 0) is 31.9 Å². The molecule has 1 N–H and O–H groups in total. The van der Waals surface area contributed by atoms with Gasteiger partial charge in [0.15, 0.2) is 0 Å². The summed E-state index contributed by atoms with van der Waals surface area (Å²) in [7, 11) is 0. The Labute approximate surface area is 106 Å². The van der Waals surface area contributed by atoms with Crippen LogP contribution in [-0.4, -0.2) is 10.1 Å². The highest BCUT2D eigenvalue weighted by atomic mass is 32.1. The Bertz CT molecular complexity index is 519. The van der Waals surface area contributed by atoms with Crippen LogP contribution in [0.5, 0.6) is 0 Å². The lowest BCUT2D eigenvalue weighted by Gasteiger charge is -2.13. The Morgan fingerprint density at radius 3 is 2.71 bits per heavy atom. The summed E-state index contributed by atoms with van der Waals surface area (Å²) in [5.41, 5.74) is 4.30. The number of hydrogen-bond donors (Lipinski definition) is 1. The van der Waals surface area contributed by atoms with Gasteiger partial charge in [0.2, 0.25) is 0 Å². The fourth-order valence-corrected chi connectivity index (χ4v) is 2.55. The summed E-state index contributed by atoms with van der Waals surface area (Å²) in [5.74, 6) is 0. The number of aliphatic hydroxyl groups excluding tert-OH is 1. The zero-order valence-corrected chi connectivity index (χ0v) is 11.2. The Morgan fingerprint density at radius 2 is 2.06 bits per heavy atom. The number of nitrogens with zero attached hydrogens (tertiary/aromatic N) is 1. The average Bonchev–Trinajstić information content (AvgIpc) is 2.67. The van der Waals surface area contributed by atoms with Crippen molar-refractivity contribution in [1.82, 2.24) is 4.98 Å². The van der Waals surface area contributed by atoms with Crippen LogP contribution in [-0.2, 0) is 6.42 Å². The van der Waals surface area contributed by atoms with Crippen LogP contribution in [0.3, 0.4) is 0 Å². The Morgan fingerprint density at radius 1 is 1.29 bits per heavy atom. The summed E-state index contributed by atoms with van der Waals surface area (Å²) in [6, 6.07) is 6.18. The number of aliphatic hydroxyl groups is 1. The number of hydrogen-bond acceptors (Lipinski definition) is 3. The molecule has 1 aromatic carbocycles. The average molecular weight is 247 g/mol. The topological polar surface area (TPSA) is 33.1 Å². The van der Waals surface area contributed by atoms with E-state index in [1.54, 1.807) is 11.3 Å². The maximum atomic E-state index is 10.3. The minimum Gasteiger partial charge on any atom is -0.388 e. The third-order valence-electron chi connectivity index (χ3n) is 2.86. The van der Waals surface area contributed by atoms with Crippen molar-refractivity contribution in [1.29, 1.82) is 0 Å². The summed E-state index contributed by atoms with van der Waals surface area (Å²) < 4.78 is 0. The van der Waals surface area contributed by atoms with Crippen LogP contribution in [0, 0.1) is 20.8 Å². The van der Waals surface area contributed by atoms with Gasteiger partial charge in [0.1, 0.15) is 0 Å². The molecule has 17 heavy (non-hydrogen) atoms. The van der Waals surface area contributed by atoms with Crippen LogP contribution in [0.1, 0.15) is 33.5 Å². The van der Waals surface area contributed by atoms with E-state index < -0.39 is 6.10 Å². The lowest BCUT2D eigenvalue weighted by molar-refractivity contribution is 0.176. The number of aromatic nitrogens is 1. The molecular weight excluding hydrogens is 230 g/mol. The molecule has 0 aliphatic rings. The molecule has 3 heteroatoms. The van der Waals surface area contributed by atoms with Crippen molar-refractivity contribution in [3.8, 4) is 0 Å². The molecule has 0 fully saturated rings. The molecule has 90 valence electrons. The number of benzene rings is 1. The third kappa shape index (κ3) is 2.93. The van der Waals surface area contributed by atoms with Gasteiger partial charge in [-0.2, -0.15) is 0 Å². The zero-order valence-electron chi connectivity index (χ0n) is 10.4. The van der Waals surface area contributed by atoms with E-state index >= 15 is 0 Å². The van der Waals surface area contributed by atoms with Gasteiger partial charge in [0, 0.05) is 11.8 Å². The summed E-state index contributed by atoms with van der Waals surface area (Å²) in [6.07, 6.45) is 0.130. The van der Waals surface area contributed by atoms with Crippen LogP contribution >= 0.6 is 11.3 Å². The molecular formula is C14H17NOS. The normalized spacial score (nSPS) is 12.7. The quantitative estimate of drug-likeness (QED) is 0.902. The Balaban J connectivity index is 2.19. The predicted octanol–water partition coefficient (Wildman–Crippen LogP) is 3.34. The molecule has 0 spiro atoms. The largest absolute Gasteiger partial charge is 0.388 e. The van der Waals surface area contributed by atoms with Crippen molar-refractivity contribution in [2.24, 2.45) is 0 Å². The fourth-order valence-electron chi connectivity index (χ4n) is 1.93.